The molecule has 0 spiro atoms. The second kappa shape index (κ2) is 6.75. The number of hydrogen-bond acceptors (Lipinski definition) is 5. The van der Waals surface area contributed by atoms with Crippen molar-refractivity contribution in [2.45, 2.75) is 6.54 Å². The van der Waals surface area contributed by atoms with E-state index in [9.17, 15) is 4.79 Å². The molecule has 0 aliphatic heterocycles. The van der Waals surface area contributed by atoms with Gasteiger partial charge in [-0.2, -0.15) is 0 Å². The summed E-state index contributed by atoms with van der Waals surface area (Å²) in [5.74, 6) is 1.07. The third-order valence-electron chi connectivity index (χ3n) is 2.27. The van der Waals surface area contributed by atoms with Crippen molar-refractivity contribution in [3.63, 3.8) is 0 Å². The first-order chi connectivity index (χ1) is 8.21. The lowest BCUT2D eigenvalue weighted by atomic mass is 10.2. The molecule has 0 heterocycles. The molecule has 0 atom stereocenters. The average Bonchev–Trinajstić information content (AvgIpc) is 2.38. The molecule has 1 N–H and O–H groups in total. The maximum Gasteiger partial charge on any atom is 0.319 e. The minimum Gasteiger partial charge on any atom is -0.493 e. The highest BCUT2D eigenvalue weighted by atomic mass is 16.5. The van der Waals surface area contributed by atoms with Crippen LogP contribution >= 0.6 is 0 Å². The lowest BCUT2D eigenvalue weighted by molar-refractivity contribution is -0.139. The van der Waals surface area contributed by atoms with Gasteiger partial charge in [0.2, 0.25) is 0 Å². The number of ether oxygens (including phenoxy) is 3. The van der Waals surface area contributed by atoms with Gasteiger partial charge in [-0.3, -0.25) is 4.79 Å². The Morgan fingerprint density at radius 3 is 2.47 bits per heavy atom. The zero-order chi connectivity index (χ0) is 12.7. The van der Waals surface area contributed by atoms with Crippen LogP contribution in [-0.4, -0.2) is 33.8 Å². The molecule has 0 aliphatic carbocycles. The van der Waals surface area contributed by atoms with Crippen LogP contribution < -0.4 is 14.8 Å². The van der Waals surface area contributed by atoms with Gasteiger partial charge in [0.15, 0.2) is 11.5 Å². The number of rotatable bonds is 6. The molecule has 0 saturated heterocycles. The number of methoxy groups -OCH3 is 3. The lowest BCUT2D eigenvalue weighted by Crippen LogP contribution is -2.23. The summed E-state index contributed by atoms with van der Waals surface area (Å²) in [7, 11) is 4.54. The number of benzene rings is 1. The van der Waals surface area contributed by atoms with Crippen molar-refractivity contribution in [2.24, 2.45) is 0 Å². The van der Waals surface area contributed by atoms with E-state index in [1.807, 2.05) is 18.2 Å². The highest BCUT2D eigenvalue weighted by molar-refractivity contribution is 5.71. The highest BCUT2D eigenvalue weighted by Crippen LogP contribution is 2.27. The fourth-order valence-corrected chi connectivity index (χ4v) is 1.37. The third-order valence-corrected chi connectivity index (χ3v) is 2.27. The molecular formula is C12H17NO4. The van der Waals surface area contributed by atoms with Crippen molar-refractivity contribution in [2.75, 3.05) is 27.9 Å². The summed E-state index contributed by atoms with van der Waals surface area (Å²) in [5, 5.41) is 2.97. The topological polar surface area (TPSA) is 56.8 Å². The maximum atomic E-state index is 10.9. The SMILES string of the molecule is COC(=O)CNCc1ccc(OC)c(OC)c1. The van der Waals surface area contributed by atoms with Crippen LogP contribution in [0.3, 0.4) is 0 Å². The molecule has 0 radical (unpaired) electrons. The fourth-order valence-electron chi connectivity index (χ4n) is 1.37. The standard InChI is InChI=1S/C12H17NO4/c1-15-10-5-4-9(6-11(10)16-2)7-13-8-12(14)17-3/h4-6,13H,7-8H2,1-3H3. The molecule has 0 unspecified atom stereocenters. The van der Waals surface area contributed by atoms with Gasteiger partial charge in [-0.15, -0.1) is 0 Å². The van der Waals surface area contributed by atoms with E-state index >= 15 is 0 Å². The number of carbonyl (C=O) groups is 1. The first kappa shape index (κ1) is 13.3. The molecule has 0 amide bonds. The van der Waals surface area contributed by atoms with Gasteiger partial charge >= 0.3 is 5.97 Å². The van der Waals surface area contributed by atoms with Crippen molar-refractivity contribution < 1.29 is 19.0 Å². The third kappa shape index (κ3) is 3.96. The van der Waals surface area contributed by atoms with Crippen LogP contribution in [0.25, 0.3) is 0 Å². The minimum atomic E-state index is -0.287. The van der Waals surface area contributed by atoms with Gasteiger partial charge in [0, 0.05) is 6.54 Å². The van der Waals surface area contributed by atoms with Crippen molar-refractivity contribution in [1.29, 1.82) is 0 Å². The van der Waals surface area contributed by atoms with E-state index in [4.69, 9.17) is 9.47 Å². The second-order valence-corrected chi connectivity index (χ2v) is 3.37. The van der Waals surface area contributed by atoms with Crippen molar-refractivity contribution in [3.05, 3.63) is 23.8 Å². The molecule has 94 valence electrons. The zero-order valence-corrected chi connectivity index (χ0v) is 10.3. The minimum absolute atomic E-state index is 0.185. The second-order valence-electron chi connectivity index (χ2n) is 3.37. The Bertz CT molecular complexity index is 379. The predicted molar refractivity (Wildman–Crippen MR) is 63.3 cm³/mol. The number of esters is 1. The molecule has 1 rings (SSSR count). The largest absolute Gasteiger partial charge is 0.493 e. The molecule has 1 aromatic carbocycles. The van der Waals surface area contributed by atoms with Crippen LogP contribution in [0.1, 0.15) is 5.56 Å². The number of hydrogen-bond donors (Lipinski definition) is 1. The Morgan fingerprint density at radius 1 is 1.18 bits per heavy atom. The van der Waals surface area contributed by atoms with Crippen LogP contribution in [0, 0.1) is 0 Å². The molecule has 0 saturated carbocycles. The van der Waals surface area contributed by atoms with Gasteiger partial charge in [-0.1, -0.05) is 6.07 Å². The number of carbonyl (C=O) groups excluding carboxylic acids is 1. The molecule has 0 fully saturated rings. The average molecular weight is 239 g/mol. The van der Waals surface area contributed by atoms with E-state index in [1.54, 1.807) is 14.2 Å². The summed E-state index contributed by atoms with van der Waals surface area (Å²) >= 11 is 0. The van der Waals surface area contributed by atoms with Crippen LogP contribution in [0.5, 0.6) is 11.5 Å². The maximum absolute atomic E-state index is 10.9. The summed E-state index contributed by atoms with van der Waals surface area (Å²) in [5.41, 5.74) is 1.01. The summed E-state index contributed by atoms with van der Waals surface area (Å²) in [6.07, 6.45) is 0. The van der Waals surface area contributed by atoms with Gasteiger partial charge in [-0.05, 0) is 17.7 Å². The van der Waals surface area contributed by atoms with Crippen LogP contribution in [0.4, 0.5) is 0 Å². The van der Waals surface area contributed by atoms with Gasteiger partial charge in [0.25, 0.3) is 0 Å². The molecule has 0 bridgehead atoms. The van der Waals surface area contributed by atoms with E-state index in [-0.39, 0.29) is 12.5 Å². The van der Waals surface area contributed by atoms with E-state index in [2.05, 4.69) is 10.1 Å². The Morgan fingerprint density at radius 2 is 1.88 bits per heavy atom. The molecular weight excluding hydrogens is 222 g/mol. The van der Waals surface area contributed by atoms with Crippen LogP contribution in [0.2, 0.25) is 0 Å². The first-order valence-corrected chi connectivity index (χ1v) is 5.19. The van der Waals surface area contributed by atoms with E-state index in [1.165, 1.54) is 7.11 Å². The summed E-state index contributed by atoms with van der Waals surface area (Å²) < 4.78 is 14.8. The normalized spacial score (nSPS) is 9.82. The Kier molecular flexibility index (Phi) is 5.29. The monoisotopic (exact) mass is 239 g/mol. The molecule has 1 aromatic rings. The van der Waals surface area contributed by atoms with E-state index < -0.39 is 0 Å². The van der Waals surface area contributed by atoms with Crippen LogP contribution in [-0.2, 0) is 16.1 Å². The molecule has 0 aliphatic rings. The Labute approximate surface area is 101 Å². The van der Waals surface area contributed by atoms with Gasteiger partial charge in [-0.25, -0.2) is 0 Å². The van der Waals surface area contributed by atoms with Gasteiger partial charge in [0.05, 0.1) is 27.9 Å². The summed E-state index contributed by atoms with van der Waals surface area (Å²) in [4.78, 5) is 10.9. The zero-order valence-electron chi connectivity index (χ0n) is 10.3. The van der Waals surface area contributed by atoms with Crippen LogP contribution in [0.15, 0.2) is 18.2 Å². The van der Waals surface area contributed by atoms with Crippen molar-refractivity contribution in [1.82, 2.24) is 5.32 Å². The fraction of sp³-hybridized carbons (Fsp3) is 0.417. The summed E-state index contributed by atoms with van der Waals surface area (Å²) in [6.45, 7) is 0.750. The van der Waals surface area contributed by atoms with Gasteiger partial charge < -0.3 is 19.5 Å². The smallest absolute Gasteiger partial charge is 0.319 e. The Hall–Kier alpha value is -1.75. The summed E-state index contributed by atoms with van der Waals surface area (Å²) in [6, 6.07) is 5.60. The number of nitrogens with one attached hydrogen (secondary N) is 1. The first-order valence-electron chi connectivity index (χ1n) is 5.19. The van der Waals surface area contributed by atoms with E-state index in [0.29, 0.717) is 18.0 Å². The molecule has 0 aromatic heterocycles. The molecule has 17 heavy (non-hydrogen) atoms. The predicted octanol–water partition coefficient (Wildman–Crippen LogP) is 0.966. The van der Waals surface area contributed by atoms with Crippen molar-refractivity contribution in [3.8, 4) is 11.5 Å². The lowest BCUT2D eigenvalue weighted by Gasteiger charge is -2.09. The quantitative estimate of drug-likeness (QED) is 0.749. The highest BCUT2D eigenvalue weighted by Gasteiger charge is 2.05. The van der Waals surface area contributed by atoms with Gasteiger partial charge in [0.1, 0.15) is 0 Å². The molecule has 5 heteroatoms. The van der Waals surface area contributed by atoms with E-state index in [0.717, 1.165) is 5.56 Å². The Balaban J connectivity index is 2.57. The van der Waals surface area contributed by atoms with Crippen molar-refractivity contribution >= 4 is 5.97 Å². The molecule has 5 nitrogen and oxygen atoms in total.